The highest BCUT2D eigenvalue weighted by atomic mass is 16.5. The molecule has 1 saturated heterocycles. The molecule has 0 aliphatic carbocycles. The first-order chi connectivity index (χ1) is 14.6. The molecule has 0 unspecified atom stereocenters. The zero-order valence-corrected chi connectivity index (χ0v) is 17.3. The molecule has 30 heavy (non-hydrogen) atoms. The normalized spacial score (nSPS) is 13.0. The first-order valence-electron chi connectivity index (χ1n) is 10.2. The lowest BCUT2D eigenvalue weighted by Crippen LogP contribution is -2.21. The zero-order chi connectivity index (χ0) is 21.2. The number of benzene rings is 2. The molecular weight excluding hydrogens is 384 g/mol. The van der Waals surface area contributed by atoms with Crippen LogP contribution in [0.4, 0.5) is 11.4 Å². The van der Waals surface area contributed by atoms with Gasteiger partial charge in [-0.05, 0) is 67.8 Å². The Morgan fingerprint density at radius 1 is 0.967 bits per heavy atom. The van der Waals surface area contributed by atoms with Crippen LogP contribution in [0.2, 0.25) is 0 Å². The molecule has 7 nitrogen and oxygen atoms in total. The van der Waals surface area contributed by atoms with Crippen LogP contribution in [0.5, 0.6) is 11.5 Å². The van der Waals surface area contributed by atoms with Crippen LogP contribution >= 0.6 is 0 Å². The lowest BCUT2D eigenvalue weighted by molar-refractivity contribution is -0.147. The molecule has 0 radical (unpaired) electrons. The molecule has 7 heteroatoms. The minimum atomic E-state index is -0.423. The van der Waals surface area contributed by atoms with Crippen molar-refractivity contribution in [1.82, 2.24) is 0 Å². The van der Waals surface area contributed by atoms with E-state index in [-0.39, 0.29) is 18.9 Å². The van der Waals surface area contributed by atoms with E-state index in [1.165, 1.54) is 12.8 Å². The molecule has 0 spiro atoms. The van der Waals surface area contributed by atoms with Crippen LogP contribution in [0.25, 0.3) is 0 Å². The maximum absolute atomic E-state index is 12.0. The van der Waals surface area contributed by atoms with E-state index in [9.17, 15) is 9.59 Å². The maximum atomic E-state index is 12.0. The number of carbonyl (C=O) groups is 2. The van der Waals surface area contributed by atoms with Gasteiger partial charge in [0.05, 0.1) is 13.7 Å². The van der Waals surface area contributed by atoms with Gasteiger partial charge >= 0.3 is 5.97 Å². The molecule has 1 fully saturated rings. The van der Waals surface area contributed by atoms with E-state index < -0.39 is 5.97 Å². The average Bonchev–Trinajstić information content (AvgIpc) is 3.31. The molecule has 160 valence electrons. The average molecular weight is 412 g/mol. The van der Waals surface area contributed by atoms with Crippen LogP contribution in [-0.2, 0) is 14.3 Å². The minimum absolute atomic E-state index is 0.188. The fourth-order valence-electron chi connectivity index (χ4n) is 3.22. The fraction of sp³-hybridized carbons (Fsp3) is 0.391. The third kappa shape index (κ3) is 6.69. The number of nitrogens with one attached hydrogen (secondary N) is 1. The van der Waals surface area contributed by atoms with Gasteiger partial charge in [0.1, 0.15) is 11.5 Å². The molecule has 1 heterocycles. The molecule has 0 atom stereocenters. The van der Waals surface area contributed by atoms with Gasteiger partial charge in [-0.2, -0.15) is 0 Å². The summed E-state index contributed by atoms with van der Waals surface area (Å²) in [6.07, 6.45) is 3.13. The Labute approximate surface area is 176 Å². The number of nitrogens with zero attached hydrogens (tertiary/aromatic N) is 1. The van der Waals surface area contributed by atoms with E-state index in [0.29, 0.717) is 24.5 Å². The van der Waals surface area contributed by atoms with Crippen LogP contribution in [0.1, 0.15) is 25.7 Å². The van der Waals surface area contributed by atoms with E-state index in [1.54, 1.807) is 19.2 Å². The summed E-state index contributed by atoms with van der Waals surface area (Å²) in [5, 5.41) is 2.74. The Morgan fingerprint density at radius 3 is 2.30 bits per heavy atom. The van der Waals surface area contributed by atoms with Crippen molar-refractivity contribution in [3.8, 4) is 11.5 Å². The summed E-state index contributed by atoms with van der Waals surface area (Å²) in [5.41, 5.74) is 1.85. The van der Waals surface area contributed by atoms with Crippen LogP contribution in [0.15, 0.2) is 48.5 Å². The number of carbonyl (C=O) groups excluding carboxylic acids is 2. The van der Waals surface area contributed by atoms with Crippen molar-refractivity contribution in [3.05, 3.63) is 48.5 Å². The summed E-state index contributed by atoms with van der Waals surface area (Å²) in [6, 6.07) is 14.9. The predicted octanol–water partition coefficient (Wildman–Crippen LogP) is 3.64. The van der Waals surface area contributed by atoms with Crippen molar-refractivity contribution in [2.75, 3.05) is 43.6 Å². The molecule has 1 amide bonds. The van der Waals surface area contributed by atoms with E-state index in [4.69, 9.17) is 14.2 Å². The number of anilines is 2. The van der Waals surface area contributed by atoms with Crippen LogP contribution in [0.3, 0.4) is 0 Å². The standard InChI is InChI=1S/C23H28N2O5/c1-28-20-10-12-21(13-11-20)29-16-4-5-23(27)30-17-22(26)24-18-6-8-19(9-7-18)25-14-2-3-15-25/h6-13H,2-5,14-17H2,1H3,(H,24,26). The second-order valence-electron chi connectivity index (χ2n) is 7.08. The van der Waals surface area contributed by atoms with Crippen molar-refractivity contribution in [1.29, 1.82) is 0 Å². The molecule has 2 aromatic rings. The molecule has 3 rings (SSSR count). The van der Waals surface area contributed by atoms with Gasteiger partial charge in [0.25, 0.3) is 5.91 Å². The van der Waals surface area contributed by atoms with E-state index in [0.717, 1.165) is 24.5 Å². The number of ether oxygens (including phenoxy) is 3. The molecule has 1 aliphatic heterocycles. The number of rotatable bonds is 10. The molecule has 0 saturated carbocycles. The summed E-state index contributed by atoms with van der Waals surface area (Å²) < 4.78 is 15.7. The van der Waals surface area contributed by atoms with Gasteiger partial charge in [-0.25, -0.2) is 0 Å². The Hall–Kier alpha value is -3.22. The topological polar surface area (TPSA) is 77.1 Å². The molecular formula is C23H28N2O5. The minimum Gasteiger partial charge on any atom is -0.497 e. The monoisotopic (exact) mass is 412 g/mol. The third-order valence-electron chi connectivity index (χ3n) is 4.84. The number of methoxy groups -OCH3 is 1. The predicted molar refractivity (Wildman–Crippen MR) is 115 cm³/mol. The van der Waals surface area contributed by atoms with Crippen LogP contribution < -0.4 is 19.7 Å². The lowest BCUT2D eigenvalue weighted by atomic mass is 10.2. The van der Waals surface area contributed by atoms with Gasteiger partial charge in [-0.1, -0.05) is 0 Å². The second-order valence-corrected chi connectivity index (χ2v) is 7.08. The van der Waals surface area contributed by atoms with Crippen LogP contribution in [-0.4, -0.2) is 45.3 Å². The van der Waals surface area contributed by atoms with Crippen molar-refractivity contribution in [2.24, 2.45) is 0 Å². The Kier molecular flexibility index (Phi) is 7.94. The zero-order valence-electron chi connectivity index (χ0n) is 17.3. The number of hydrogen-bond donors (Lipinski definition) is 1. The maximum Gasteiger partial charge on any atom is 0.306 e. The van der Waals surface area contributed by atoms with Gasteiger partial charge < -0.3 is 24.4 Å². The van der Waals surface area contributed by atoms with Gasteiger partial charge in [-0.15, -0.1) is 0 Å². The van der Waals surface area contributed by atoms with Gasteiger partial charge in [0, 0.05) is 30.9 Å². The molecule has 2 aromatic carbocycles. The Balaban J connectivity index is 1.29. The molecule has 0 bridgehead atoms. The van der Waals surface area contributed by atoms with Crippen molar-refractivity contribution >= 4 is 23.3 Å². The summed E-state index contributed by atoms with van der Waals surface area (Å²) in [4.78, 5) is 26.1. The van der Waals surface area contributed by atoms with Crippen molar-refractivity contribution in [3.63, 3.8) is 0 Å². The Morgan fingerprint density at radius 2 is 1.63 bits per heavy atom. The number of amides is 1. The first kappa shape index (κ1) is 21.5. The summed E-state index contributed by atoms with van der Waals surface area (Å²) >= 11 is 0. The van der Waals surface area contributed by atoms with Gasteiger partial charge in [0.2, 0.25) is 0 Å². The summed E-state index contributed by atoms with van der Waals surface area (Å²) in [6.45, 7) is 2.24. The highest BCUT2D eigenvalue weighted by Crippen LogP contribution is 2.22. The second kappa shape index (κ2) is 11.1. The molecule has 1 aliphatic rings. The fourth-order valence-corrected chi connectivity index (χ4v) is 3.22. The number of hydrogen-bond acceptors (Lipinski definition) is 6. The smallest absolute Gasteiger partial charge is 0.306 e. The van der Waals surface area contributed by atoms with Gasteiger partial charge in [0.15, 0.2) is 6.61 Å². The van der Waals surface area contributed by atoms with E-state index in [1.807, 2.05) is 36.4 Å². The third-order valence-corrected chi connectivity index (χ3v) is 4.84. The lowest BCUT2D eigenvalue weighted by Gasteiger charge is -2.17. The first-order valence-corrected chi connectivity index (χ1v) is 10.2. The summed E-state index contributed by atoms with van der Waals surface area (Å²) in [5.74, 6) is 0.686. The van der Waals surface area contributed by atoms with Crippen molar-refractivity contribution in [2.45, 2.75) is 25.7 Å². The van der Waals surface area contributed by atoms with Gasteiger partial charge in [-0.3, -0.25) is 9.59 Å². The highest BCUT2D eigenvalue weighted by Gasteiger charge is 2.12. The van der Waals surface area contributed by atoms with E-state index in [2.05, 4.69) is 10.2 Å². The Bertz CT molecular complexity index is 814. The highest BCUT2D eigenvalue weighted by molar-refractivity contribution is 5.92. The molecule has 0 aromatic heterocycles. The largest absolute Gasteiger partial charge is 0.497 e. The van der Waals surface area contributed by atoms with E-state index >= 15 is 0 Å². The summed E-state index contributed by atoms with van der Waals surface area (Å²) in [7, 11) is 1.60. The SMILES string of the molecule is COc1ccc(OCCCC(=O)OCC(=O)Nc2ccc(N3CCCC3)cc2)cc1. The van der Waals surface area contributed by atoms with Crippen molar-refractivity contribution < 1.29 is 23.8 Å². The quantitative estimate of drug-likeness (QED) is 0.474. The van der Waals surface area contributed by atoms with Crippen LogP contribution in [0, 0.1) is 0 Å². The number of esters is 1. The molecule has 1 N–H and O–H groups in total.